The van der Waals surface area contributed by atoms with Gasteiger partial charge in [0.15, 0.2) is 0 Å². The number of hydrogen-bond donors (Lipinski definition) is 2. The van der Waals surface area contributed by atoms with Crippen LogP contribution in [0.3, 0.4) is 0 Å². The first kappa shape index (κ1) is 25.4. The van der Waals surface area contributed by atoms with Gasteiger partial charge in [-0.05, 0) is 75.1 Å². The van der Waals surface area contributed by atoms with Gasteiger partial charge in [0.25, 0.3) is 0 Å². The molecule has 1 heterocycles. The van der Waals surface area contributed by atoms with Gasteiger partial charge in [-0.2, -0.15) is 0 Å². The van der Waals surface area contributed by atoms with E-state index < -0.39 is 0 Å². The van der Waals surface area contributed by atoms with E-state index in [0.29, 0.717) is 11.5 Å². The molecule has 3 aromatic rings. The second-order valence-corrected chi connectivity index (χ2v) is 6.78. The average Bonchev–Trinajstić information content (AvgIpc) is 3.19. The van der Waals surface area contributed by atoms with E-state index in [1.54, 1.807) is 32.1 Å². The van der Waals surface area contributed by atoms with Crippen LogP contribution in [0.25, 0.3) is 16.9 Å². The van der Waals surface area contributed by atoms with Crippen LogP contribution in [0.1, 0.15) is 39.0 Å². The molecule has 0 aliphatic rings. The number of phenolic OH excluding ortho intramolecular Hbond substituents is 1. The summed E-state index contributed by atoms with van der Waals surface area (Å²) in [7, 11) is 0. The molecule has 2 N–H and O–H groups in total. The zero-order chi connectivity index (χ0) is 23.2. The van der Waals surface area contributed by atoms with Gasteiger partial charge in [0.05, 0.1) is 11.5 Å². The third kappa shape index (κ3) is 7.28. The molecule has 2 aromatic carbocycles. The Morgan fingerprint density at radius 1 is 1.00 bits per heavy atom. The minimum atomic E-state index is 0.291. The zero-order valence-corrected chi connectivity index (χ0v) is 18.9. The molecule has 1 aromatic heterocycles. The number of rotatable bonds is 5. The molecule has 0 fully saturated rings. The minimum Gasteiger partial charge on any atom is -0.513 e. The highest BCUT2D eigenvalue weighted by atomic mass is 16.3. The number of terminal acetylenes is 1. The number of aromatic hydroxyl groups is 1. The van der Waals surface area contributed by atoms with Crippen molar-refractivity contribution in [1.82, 2.24) is 4.57 Å². The molecule has 0 radical (unpaired) electrons. The second-order valence-electron chi connectivity index (χ2n) is 6.78. The fourth-order valence-electron chi connectivity index (χ4n) is 3.13. The third-order valence-corrected chi connectivity index (χ3v) is 4.70. The summed E-state index contributed by atoms with van der Waals surface area (Å²) in [5.41, 5.74) is 6.14. The van der Waals surface area contributed by atoms with Crippen molar-refractivity contribution >= 4 is 0 Å². The fourth-order valence-corrected chi connectivity index (χ4v) is 3.13. The molecule has 0 aliphatic heterocycles. The standard InChI is InChI=1S/C22H23NO.C4H8O.C2H2/c1-3-5-9-18-16-22(17-10-7-6-8-11-17)23(21(18)4-2)19-12-14-20(24)15-13-19;1-3-4(2)5;1-2/h3,5-8,10-16,24H,4,9H2,1-2H3;3,5H,1-2H3;1-2H/b5-3-;4-3+;. The van der Waals surface area contributed by atoms with Crippen LogP contribution in [0.15, 0.2) is 84.7 Å². The molecule has 0 saturated heterocycles. The van der Waals surface area contributed by atoms with Gasteiger partial charge >= 0.3 is 0 Å². The molecular formula is C28H33NO2. The van der Waals surface area contributed by atoms with Crippen LogP contribution in [0.5, 0.6) is 5.75 Å². The summed E-state index contributed by atoms with van der Waals surface area (Å²) in [4.78, 5) is 0. The summed E-state index contributed by atoms with van der Waals surface area (Å²) >= 11 is 0. The van der Waals surface area contributed by atoms with E-state index >= 15 is 0 Å². The van der Waals surface area contributed by atoms with Crippen molar-refractivity contribution in [2.45, 2.75) is 40.5 Å². The Morgan fingerprint density at radius 3 is 2.06 bits per heavy atom. The number of aliphatic hydroxyl groups is 1. The van der Waals surface area contributed by atoms with Crippen molar-refractivity contribution in [3.63, 3.8) is 0 Å². The monoisotopic (exact) mass is 415 g/mol. The van der Waals surface area contributed by atoms with Crippen LogP contribution < -0.4 is 0 Å². The lowest BCUT2D eigenvalue weighted by Gasteiger charge is -2.14. The lowest BCUT2D eigenvalue weighted by Crippen LogP contribution is -2.02. The van der Waals surface area contributed by atoms with Crippen LogP contribution in [-0.4, -0.2) is 14.8 Å². The molecule has 0 unspecified atom stereocenters. The summed E-state index contributed by atoms with van der Waals surface area (Å²) in [6.07, 6.45) is 15.8. The van der Waals surface area contributed by atoms with E-state index in [9.17, 15) is 5.11 Å². The highest BCUT2D eigenvalue weighted by molar-refractivity contribution is 5.66. The molecule has 0 bridgehead atoms. The molecular weight excluding hydrogens is 382 g/mol. The molecule has 31 heavy (non-hydrogen) atoms. The van der Waals surface area contributed by atoms with Crippen molar-refractivity contribution in [3.05, 3.63) is 95.9 Å². The number of aromatic nitrogens is 1. The molecule has 3 heteroatoms. The lowest BCUT2D eigenvalue weighted by molar-refractivity contribution is 0.413. The number of benzene rings is 2. The Morgan fingerprint density at radius 2 is 1.58 bits per heavy atom. The Labute approximate surface area is 187 Å². The Balaban J connectivity index is 0.000000605. The van der Waals surface area contributed by atoms with Crippen LogP contribution in [0.4, 0.5) is 0 Å². The molecule has 0 saturated carbocycles. The number of phenols is 1. The van der Waals surface area contributed by atoms with Gasteiger partial charge in [-0.1, -0.05) is 55.5 Å². The van der Waals surface area contributed by atoms with E-state index in [4.69, 9.17) is 5.11 Å². The van der Waals surface area contributed by atoms with Gasteiger partial charge in [-0.15, -0.1) is 12.8 Å². The first-order valence-electron chi connectivity index (χ1n) is 10.4. The van der Waals surface area contributed by atoms with E-state index in [-0.39, 0.29) is 0 Å². The van der Waals surface area contributed by atoms with Gasteiger partial charge in [0.1, 0.15) is 5.75 Å². The van der Waals surface area contributed by atoms with Gasteiger partial charge < -0.3 is 14.8 Å². The number of hydrogen-bond acceptors (Lipinski definition) is 2. The summed E-state index contributed by atoms with van der Waals surface area (Å²) in [5.74, 6) is 0.671. The van der Waals surface area contributed by atoms with Crippen molar-refractivity contribution < 1.29 is 10.2 Å². The van der Waals surface area contributed by atoms with Crippen molar-refractivity contribution in [3.8, 4) is 35.5 Å². The van der Waals surface area contributed by atoms with Gasteiger partial charge in [0, 0.05) is 11.4 Å². The Bertz CT molecular complexity index is 987. The Kier molecular flexibility index (Phi) is 11.1. The van der Waals surface area contributed by atoms with Crippen molar-refractivity contribution in [2.75, 3.05) is 0 Å². The van der Waals surface area contributed by atoms with Crippen molar-refractivity contribution in [2.24, 2.45) is 0 Å². The Hall–Kier alpha value is -3.64. The second kappa shape index (κ2) is 13.6. The molecule has 0 spiro atoms. The van der Waals surface area contributed by atoms with Crippen LogP contribution in [-0.2, 0) is 12.8 Å². The highest BCUT2D eigenvalue weighted by Gasteiger charge is 2.15. The van der Waals surface area contributed by atoms with Gasteiger partial charge in [0.2, 0.25) is 0 Å². The first-order valence-corrected chi connectivity index (χ1v) is 10.4. The van der Waals surface area contributed by atoms with Crippen LogP contribution in [0, 0.1) is 12.8 Å². The van der Waals surface area contributed by atoms with Crippen molar-refractivity contribution in [1.29, 1.82) is 0 Å². The molecule has 162 valence electrons. The number of aliphatic hydroxyl groups excluding tert-OH is 1. The SMILES string of the molecule is C#C.C/C=C(\C)O.C/C=C\Cc1cc(-c2ccccc2)n(-c2ccc(O)cc2)c1CC. The smallest absolute Gasteiger partial charge is 0.115 e. The molecule has 0 atom stereocenters. The average molecular weight is 416 g/mol. The largest absolute Gasteiger partial charge is 0.513 e. The summed E-state index contributed by atoms with van der Waals surface area (Å²) in [5, 5.41) is 17.8. The van der Waals surface area contributed by atoms with E-state index in [0.717, 1.165) is 18.5 Å². The quantitative estimate of drug-likeness (QED) is 0.262. The molecule has 0 amide bonds. The maximum Gasteiger partial charge on any atom is 0.115 e. The first-order chi connectivity index (χ1) is 15.0. The number of nitrogens with zero attached hydrogens (tertiary/aromatic N) is 1. The third-order valence-electron chi connectivity index (χ3n) is 4.70. The number of allylic oxidation sites excluding steroid dienone is 4. The minimum absolute atomic E-state index is 0.291. The normalized spacial score (nSPS) is 10.7. The molecule has 0 aliphatic carbocycles. The fraction of sp³-hybridized carbons (Fsp3) is 0.214. The summed E-state index contributed by atoms with van der Waals surface area (Å²) in [6, 6.07) is 20.2. The lowest BCUT2D eigenvalue weighted by atomic mass is 10.1. The van der Waals surface area contributed by atoms with E-state index in [2.05, 4.69) is 73.7 Å². The van der Waals surface area contributed by atoms with E-state index in [1.165, 1.54) is 22.5 Å². The predicted molar refractivity (Wildman–Crippen MR) is 133 cm³/mol. The maximum atomic E-state index is 9.62. The molecule has 3 rings (SSSR count). The van der Waals surface area contributed by atoms with Gasteiger partial charge in [-0.25, -0.2) is 0 Å². The summed E-state index contributed by atoms with van der Waals surface area (Å²) < 4.78 is 2.31. The zero-order valence-electron chi connectivity index (χ0n) is 18.9. The van der Waals surface area contributed by atoms with Gasteiger partial charge in [-0.3, -0.25) is 0 Å². The van der Waals surface area contributed by atoms with E-state index in [1.807, 2.05) is 18.2 Å². The predicted octanol–water partition coefficient (Wildman–Crippen LogP) is 7.25. The van der Waals surface area contributed by atoms with Crippen LogP contribution >= 0.6 is 0 Å². The highest BCUT2D eigenvalue weighted by Crippen LogP contribution is 2.31. The molecule has 3 nitrogen and oxygen atoms in total. The van der Waals surface area contributed by atoms with Crippen LogP contribution in [0.2, 0.25) is 0 Å². The maximum absolute atomic E-state index is 9.62. The topological polar surface area (TPSA) is 45.4 Å². The summed E-state index contributed by atoms with van der Waals surface area (Å²) in [6.45, 7) is 7.68.